The van der Waals surface area contributed by atoms with Gasteiger partial charge >= 0.3 is 11.8 Å². The van der Waals surface area contributed by atoms with Crippen molar-refractivity contribution in [1.29, 1.82) is 0 Å². The lowest BCUT2D eigenvalue weighted by Crippen LogP contribution is -2.03. The maximum Gasteiger partial charge on any atom is 0.406 e. The highest BCUT2D eigenvalue weighted by molar-refractivity contribution is 5.85. The van der Waals surface area contributed by atoms with Gasteiger partial charge in [0.1, 0.15) is 12.3 Å². The van der Waals surface area contributed by atoms with E-state index in [0.717, 1.165) is 0 Å². The second-order valence-corrected chi connectivity index (χ2v) is 3.53. The second-order valence-electron chi connectivity index (χ2n) is 3.53. The van der Waals surface area contributed by atoms with Crippen LogP contribution in [0.15, 0.2) is 23.8 Å². The number of hydrogen-bond acceptors (Lipinski definition) is 5. The van der Waals surface area contributed by atoms with Gasteiger partial charge in [-0.2, -0.15) is 0 Å². The quantitative estimate of drug-likeness (QED) is 0.486. The molecule has 0 bridgehead atoms. The lowest BCUT2D eigenvalue weighted by Gasteiger charge is -2.04. The third-order valence-electron chi connectivity index (χ3n) is 2.12. The molecule has 0 atom stereocenters. The average Bonchev–Trinajstić information content (AvgIpc) is 2.30. The van der Waals surface area contributed by atoms with Gasteiger partial charge in [-0.25, -0.2) is 4.79 Å². The number of aromatic nitrogens is 1. The zero-order chi connectivity index (χ0) is 13.7. The monoisotopic (exact) mass is 252 g/mol. The number of aliphatic carboxylic acids is 1. The number of nitrogens with zero attached hydrogens (tertiary/aromatic N) is 2. The van der Waals surface area contributed by atoms with Gasteiger partial charge in [0.2, 0.25) is 5.75 Å². The second kappa shape index (κ2) is 5.76. The van der Waals surface area contributed by atoms with Gasteiger partial charge in [-0.05, 0) is 35.0 Å². The Balaban J connectivity index is 2.82. The summed E-state index contributed by atoms with van der Waals surface area (Å²) >= 11 is 0. The van der Waals surface area contributed by atoms with Crippen LogP contribution < -0.4 is 4.74 Å². The lowest BCUT2D eigenvalue weighted by atomic mass is 10.3. The Kier molecular flexibility index (Phi) is 4.36. The highest BCUT2D eigenvalue weighted by Gasteiger charge is 2.17. The Bertz CT molecular complexity index is 510. The fourth-order valence-electron chi connectivity index (χ4n) is 1.12. The van der Waals surface area contributed by atoms with E-state index in [1.54, 1.807) is 13.0 Å². The number of carbonyl (C=O) groups is 1. The number of aryl methyl sites for hydroxylation is 1. The number of rotatable bonds is 5. The first kappa shape index (κ1) is 13.6. The van der Waals surface area contributed by atoms with E-state index >= 15 is 0 Å². The topological polar surface area (TPSA) is 103 Å². The van der Waals surface area contributed by atoms with E-state index in [4.69, 9.17) is 9.84 Å². The minimum absolute atomic E-state index is 0.0139. The summed E-state index contributed by atoms with van der Waals surface area (Å²) in [7, 11) is 0. The summed E-state index contributed by atoms with van der Waals surface area (Å²) in [6, 6.07) is 3.01. The number of nitro groups is 1. The molecule has 0 radical (unpaired) electrons. The van der Waals surface area contributed by atoms with Crippen LogP contribution in [0.2, 0.25) is 0 Å². The first-order valence-corrected chi connectivity index (χ1v) is 5.06. The molecule has 1 N–H and O–H groups in total. The smallest absolute Gasteiger partial charge is 0.406 e. The Labute approximate surface area is 103 Å². The van der Waals surface area contributed by atoms with Gasteiger partial charge in [-0.15, -0.1) is 0 Å². The van der Waals surface area contributed by atoms with E-state index in [1.807, 2.05) is 0 Å². The average molecular weight is 252 g/mol. The normalized spacial score (nSPS) is 11.1. The first-order chi connectivity index (χ1) is 8.41. The van der Waals surface area contributed by atoms with Gasteiger partial charge in [-0.3, -0.25) is 0 Å². The van der Waals surface area contributed by atoms with Crippen LogP contribution in [0.3, 0.4) is 0 Å². The maximum absolute atomic E-state index is 10.7. The van der Waals surface area contributed by atoms with E-state index in [1.165, 1.54) is 19.1 Å². The molecule has 0 unspecified atom stereocenters. The third-order valence-corrected chi connectivity index (χ3v) is 2.12. The predicted octanol–water partition coefficient (Wildman–Crippen LogP) is 1.71. The van der Waals surface area contributed by atoms with Gasteiger partial charge < -0.3 is 20.0 Å². The Morgan fingerprint density at radius 1 is 1.61 bits per heavy atom. The molecule has 1 aromatic rings. The zero-order valence-corrected chi connectivity index (χ0v) is 9.91. The number of hydrogen-bond donors (Lipinski definition) is 1. The molecule has 7 nitrogen and oxygen atoms in total. The highest BCUT2D eigenvalue weighted by Crippen LogP contribution is 2.24. The van der Waals surface area contributed by atoms with Crippen molar-refractivity contribution < 1.29 is 19.6 Å². The van der Waals surface area contributed by atoms with Gasteiger partial charge in [0.15, 0.2) is 0 Å². The van der Waals surface area contributed by atoms with E-state index in [9.17, 15) is 14.9 Å². The number of carboxylic acid groups (broad SMARTS) is 1. The lowest BCUT2D eigenvalue weighted by molar-refractivity contribution is -0.390. The van der Waals surface area contributed by atoms with E-state index in [0.29, 0.717) is 5.69 Å². The van der Waals surface area contributed by atoms with Crippen molar-refractivity contribution >= 4 is 11.8 Å². The van der Waals surface area contributed by atoms with E-state index < -0.39 is 10.9 Å². The summed E-state index contributed by atoms with van der Waals surface area (Å²) in [4.78, 5) is 24.4. The van der Waals surface area contributed by atoms with Crippen molar-refractivity contribution in [2.45, 2.75) is 13.8 Å². The van der Waals surface area contributed by atoms with Crippen LogP contribution in [-0.4, -0.2) is 27.6 Å². The van der Waals surface area contributed by atoms with Crippen molar-refractivity contribution in [3.05, 3.63) is 39.6 Å². The van der Waals surface area contributed by atoms with Gasteiger partial charge in [0, 0.05) is 12.5 Å². The largest absolute Gasteiger partial charge is 0.481 e. The summed E-state index contributed by atoms with van der Waals surface area (Å²) in [5.74, 6) is -1.42. The van der Waals surface area contributed by atoms with Gasteiger partial charge in [0.05, 0.1) is 0 Å². The number of pyridine rings is 1. The van der Waals surface area contributed by atoms with Crippen LogP contribution in [0.25, 0.3) is 0 Å². The molecular formula is C11H12N2O5. The minimum Gasteiger partial charge on any atom is -0.481 e. The van der Waals surface area contributed by atoms with Crippen molar-refractivity contribution in [3.8, 4) is 5.75 Å². The molecule has 0 aliphatic rings. The number of ether oxygens (including phenoxy) is 1. The summed E-state index contributed by atoms with van der Waals surface area (Å²) in [5.41, 5.74) is 0.615. The van der Waals surface area contributed by atoms with Gasteiger partial charge in [0.25, 0.3) is 0 Å². The van der Waals surface area contributed by atoms with Crippen LogP contribution in [-0.2, 0) is 4.79 Å². The highest BCUT2D eigenvalue weighted by atomic mass is 16.6. The van der Waals surface area contributed by atoms with Crippen LogP contribution in [0, 0.1) is 17.0 Å². The maximum atomic E-state index is 10.7. The molecular weight excluding hydrogens is 240 g/mol. The van der Waals surface area contributed by atoms with Crippen molar-refractivity contribution in [3.63, 3.8) is 0 Å². The third kappa shape index (κ3) is 3.55. The fraction of sp³-hybridized carbons (Fsp3) is 0.273. The standard InChI is InChI=1S/C11H12N2O5/c1-7(11(14)15)5-6-18-9-4-3-8(2)12-10(9)13(16)17/h3-5H,6H2,1-2H3,(H,14,15). The van der Waals surface area contributed by atoms with Crippen LogP contribution >= 0.6 is 0 Å². The van der Waals surface area contributed by atoms with E-state index in [2.05, 4.69) is 4.98 Å². The molecule has 0 aromatic carbocycles. The molecule has 1 aromatic heterocycles. The molecule has 0 fully saturated rings. The summed E-state index contributed by atoms with van der Waals surface area (Å²) in [6.45, 7) is 2.97. The van der Waals surface area contributed by atoms with Crippen molar-refractivity contribution in [2.75, 3.05) is 6.61 Å². The molecule has 0 amide bonds. The molecule has 7 heteroatoms. The fourth-order valence-corrected chi connectivity index (χ4v) is 1.12. The molecule has 0 saturated heterocycles. The summed E-state index contributed by atoms with van der Waals surface area (Å²) < 4.78 is 5.13. The first-order valence-electron chi connectivity index (χ1n) is 5.06. The summed E-state index contributed by atoms with van der Waals surface area (Å²) in [5, 5.41) is 19.3. The van der Waals surface area contributed by atoms with Crippen molar-refractivity contribution in [2.24, 2.45) is 0 Å². The Morgan fingerprint density at radius 2 is 2.28 bits per heavy atom. The van der Waals surface area contributed by atoms with Crippen LogP contribution in [0.5, 0.6) is 5.75 Å². The van der Waals surface area contributed by atoms with E-state index in [-0.39, 0.29) is 23.7 Å². The molecule has 0 aliphatic carbocycles. The summed E-state index contributed by atoms with van der Waals surface area (Å²) in [6.07, 6.45) is 1.33. The van der Waals surface area contributed by atoms with Crippen molar-refractivity contribution in [1.82, 2.24) is 4.98 Å². The molecule has 0 aliphatic heterocycles. The molecule has 96 valence electrons. The molecule has 1 heterocycles. The molecule has 0 saturated carbocycles. The SMILES string of the molecule is CC(=CCOc1ccc(C)nc1[N+](=O)[O-])C(=O)O. The Hall–Kier alpha value is -2.44. The predicted molar refractivity (Wildman–Crippen MR) is 62.5 cm³/mol. The van der Waals surface area contributed by atoms with Gasteiger partial charge in [-0.1, -0.05) is 0 Å². The van der Waals surface area contributed by atoms with Crippen LogP contribution in [0.4, 0.5) is 5.82 Å². The number of carboxylic acids is 1. The Morgan fingerprint density at radius 3 is 2.83 bits per heavy atom. The zero-order valence-electron chi connectivity index (χ0n) is 9.91. The molecule has 18 heavy (non-hydrogen) atoms. The minimum atomic E-state index is -1.06. The van der Waals surface area contributed by atoms with Crippen LogP contribution in [0.1, 0.15) is 12.6 Å². The molecule has 0 spiro atoms. The molecule has 1 rings (SSSR count).